The maximum atomic E-state index is 9.19. The molecule has 0 bridgehead atoms. The summed E-state index contributed by atoms with van der Waals surface area (Å²) in [7, 11) is 0. The van der Waals surface area contributed by atoms with E-state index in [1.165, 1.54) is 0 Å². The minimum Gasteiger partial charge on any atom is -0.411 e. The van der Waals surface area contributed by atoms with Crippen LogP contribution >= 0.6 is 0 Å². The molecular formula is C14H16N4O. The zero-order valence-corrected chi connectivity index (χ0v) is 11.0. The molecule has 19 heavy (non-hydrogen) atoms. The van der Waals surface area contributed by atoms with Crippen molar-refractivity contribution in [3.8, 4) is 5.82 Å². The van der Waals surface area contributed by atoms with Crippen molar-refractivity contribution >= 4 is 5.71 Å². The highest BCUT2D eigenvalue weighted by atomic mass is 16.4. The Morgan fingerprint density at radius 3 is 2.84 bits per heavy atom. The molecule has 0 saturated heterocycles. The van der Waals surface area contributed by atoms with Crippen LogP contribution in [0.15, 0.2) is 35.7 Å². The number of hydrogen-bond donors (Lipinski definition) is 1. The van der Waals surface area contributed by atoms with Crippen LogP contribution in [0.2, 0.25) is 0 Å². The first-order chi connectivity index (χ1) is 9.11. The second-order valence-electron chi connectivity index (χ2n) is 5.67. The topological polar surface area (TPSA) is 63.3 Å². The highest BCUT2D eigenvalue weighted by Gasteiger charge is 2.33. The third-order valence-corrected chi connectivity index (χ3v) is 3.46. The minimum absolute atomic E-state index is 0.0567. The highest BCUT2D eigenvalue weighted by molar-refractivity contribution is 6.02. The Hall–Kier alpha value is -2.17. The Labute approximate surface area is 111 Å². The maximum absolute atomic E-state index is 9.19. The number of aromatic nitrogens is 3. The molecule has 1 aliphatic rings. The molecule has 98 valence electrons. The van der Waals surface area contributed by atoms with Crippen LogP contribution < -0.4 is 0 Å². The first kappa shape index (κ1) is 11.9. The third kappa shape index (κ3) is 2.01. The molecule has 0 saturated carbocycles. The van der Waals surface area contributed by atoms with Crippen LogP contribution in [0.25, 0.3) is 5.82 Å². The second kappa shape index (κ2) is 4.19. The van der Waals surface area contributed by atoms with Crippen molar-refractivity contribution in [1.29, 1.82) is 0 Å². The van der Waals surface area contributed by atoms with Gasteiger partial charge in [-0.3, -0.25) is 0 Å². The number of nitrogens with zero attached hydrogens (tertiary/aromatic N) is 4. The van der Waals surface area contributed by atoms with Gasteiger partial charge in [0, 0.05) is 11.8 Å². The zero-order chi connectivity index (χ0) is 13.5. The van der Waals surface area contributed by atoms with Gasteiger partial charge in [-0.25, -0.2) is 9.67 Å². The molecule has 5 heteroatoms. The average molecular weight is 256 g/mol. The number of fused-ring (bicyclic) bond motifs is 1. The summed E-state index contributed by atoms with van der Waals surface area (Å²) in [4.78, 5) is 4.33. The minimum atomic E-state index is 0.0567. The van der Waals surface area contributed by atoms with Crippen LogP contribution in [0.1, 0.15) is 31.5 Å². The summed E-state index contributed by atoms with van der Waals surface area (Å²) in [6.07, 6.45) is 5.15. The van der Waals surface area contributed by atoms with Gasteiger partial charge in [0.2, 0.25) is 0 Å². The number of rotatable bonds is 1. The Bertz CT molecular complexity index is 628. The quantitative estimate of drug-likeness (QED) is 0.629. The summed E-state index contributed by atoms with van der Waals surface area (Å²) in [6.45, 7) is 4.33. The van der Waals surface area contributed by atoms with Crippen molar-refractivity contribution in [2.75, 3.05) is 0 Å². The largest absolute Gasteiger partial charge is 0.411 e. The van der Waals surface area contributed by atoms with Gasteiger partial charge in [-0.2, -0.15) is 5.10 Å². The highest BCUT2D eigenvalue weighted by Crippen LogP contribution is 2.35. The summed E-state index contributed by atoms with van der Waals surface area (Å²) >= 11 is 0. The summed E-state index contributed by atoms with van der Waals surface area (Å²) in [5, 5.41) is 17.0. The fourth-order valence-corrected chi connectivity index (χ4v) is 2.61. The van der Waals surface area contributed by atoms with Crippen LogP contribution in [0.4, 0.5) is 0 Å². The van der Waals surface area contributed by atoms with Gasteiger partial charge in [0.25, 0.3) is 0 Å². The molecular weight excluding hydrogens is 240 g/mol. The molecule has 0 aromatic carbocycles. The monoisotopic (exact) mass is 256 g/mol. The van der Waals surface area contributed by atoms with E-state index in [-0.39, 0.29) is 5.41 Å². The molecule has 0 unspecified atom stereocenters. The smallest absolute Gasteiger partial charge is 0.153 e. The summed E-state index contributed by atoms with van der Waals surface area (Å²) in [6, 6.07) is 5.74. The lowest BCUT2D eigenvalue weighted by atomic mass is 9.76. The molecule has 0 aliphatic heterocycles. The van der Waals surface area contributed by atoms with Crippen molar-refractivity contribution in [2.45, 2.75) is 26.7 Å². The van der Waals surface area contributed by atoms with E-state index >= 15 is 0 Å². The molecule has 1 aliphatic carbocycles. The SMILES string of the molecule is CC1(C)C/C(=N/O)c2cnn(-c3ccccn3)c2C1. The molecule has 1 N–H and O–H groups in total. The summed E-state index contributed by atoms with van der Waals surface area (Å²) in [5.41, 5.74) is 2.74. The summed E-state index contributed by atoms with van der Waals surface area (Å²) < 4.78 is 1.83. The van der Waals surface area contributed by atoms with Gasteiger partial charge in [0.15, 0.2) is 5.82 Å². The predicted octanol–water partition coefficient (Wildman–Crippen LogP) is 2.42. The fourth-order valence-electron chi connectivity index (χ4n) is 2.61. The Kier molecular flexibility index (Phi) is 2.62. The zero-order valence-electron chi connectivity index (χ0n) is 11.0. The molecule has 5 nitrogen and oxygen atoms in total. The molecule has 0 amide bonds. The van der Waals surface area contributed by atoms with Crippen LogP contribution in [0, 0.1) is 5.41 Å². The first-order valence-electron chi connectivity index (χ1n) is 6.30. The van der Waals surface area contributed by atoms with E-state index in [4.69, 9.17) is 0 Å². The molecule has 2 aromatic rings. The van der Waals surface area contributed by atoms with Gasteiger partial charge >= 0.3 is 0 Å². The van der Waals surface area contributed by atoms with Crippen LogP contribution in [0.3, 0.4) is 0 Å². The lowest BCUT2D eigenvalue weighted by Crippen LogP contribution is -2.28. The lowest BCUT2D eigenvalue weighted by molar-refractivity contribution is 0.305. The van der Waals surface area contributed by atoms with Crippen LogP contribution in [0.5, 0.6) is 0 Å². The van der Waals surface area contributed by atoms with Crippen LogP contribution in [-0.2, 0) is 6.42 Å². The molecule has 3 rings (SSSR count). The normalized spacial score (nSPS) is 19.4. The van der Waals surface area contributed by atoms with E-state index in [2.05, 4.69) is 29.1 Å². The number of hydrogen-bond acceptors (Lipinski definition) is 4. The van der Waals surface area contributed by atoms with E-state index in [1.54, 1.807) is 12.4 Å². The van der Waals surface area contributed by atoms with Gasteiger partial charge < -0.3 is 5.21 Å². The average Bonchev–Trinajstić information content (AvgIpc) is 2.81. The van der Waals surface area contributed by atoms with E-state index in [9.17, 15) is 5.21 Å². The predicted molar refractivity (Wildman–Crippen MR) is 71.8 cm³/mol. The molecule has 0 fully saturated rings. The van der Waals surface area contributed by atoms with Gasteiger partial charge in [0.05, 0.1) is 17.6 Å². The van der Waals surface area contributed by atoms with Crippen LogP contribution in [-0.4, -0.2) is 25.7 Å². The van der Waals surface area contributed by atoms with E-state index < -0.39 is 0 Å². The molecule has 0 spiro atoms. The van der Waals surface area contributed by atoms with Crippen molar-refractivity contribution in [3.05, 3.63) is 41.9 Å². The van der Waals surface area contributed by atoms with Crippen molar-refractivity contribution in [3.63, 3.8) is 0 Å². The van der Waals surface area contributed by atoms with E-state index in [1.807, 2.05) is 22.9 Å². The lowest BCUT2D eigenvalue weighted by Gasteiger charge is -2.30. The summed E-state index contributed by atoms with van der Waals surface area (Å²) in [5.74, 6) is 0.790. The second-order valence-corrected chi connectivity index (χ2v) is 5.67. The van der Waals surface area contributed by atoms with Gasteiger partial charge in [-0.05, 0) is 30.4 Å². The third-order valence-electron chi connectivity index (χ3n) is 3.46. The van der Waals surface area contributed by atoms with E-state index in [0.717, 1.165) is 29.9 Å². The van der Waals surface area contributed by atoms with Crippen molar-refractivity contribution < 1.29 is 5.21 Å². The molecule has 0 radical (unpaired) electrons. The molecule has 0 atom stereocenters. The Morgan fingerprint density at radius 1 is 1.32 bits per heavy atom. The number of pyridine rings is 1. The fraction of sp³-hybridized carbons (Fsp3) is 0.357. The molecule has 2 heterocycles. The Morgan fingerprint density at radius 2 is 2.16 bits per heavy atom. The van der Waals surface area contributed by atoms with Gasteiger partial charge in [-0.1, -0.05) is 25.1 Å². The maximum Gasteiger partial charge on any atom is 0.153 e. The standard InChI is InChI=1S/C14H16N4O/c1-14(2)7-11(17-19)10-9-16-18(12(10)8-14)13-5-3-4-6-15-13/h3-6,9,19H,7-8H2,1-2H3/b17-11-. The van der Waals surface area contributed by atoms with Crippen molar-refractivity contribution in [2.24, 2.45) is 10.6 Å². The first-order valence-corrected chi connectivity index (χ1v) is 6.30. The van der Waals surface area contributed by atoms with Crippen molar-refractivity contribution in [1.82, 2.24) is 14.8 Å². The molecule has 2 aromatic heterocycles. The Balaban J connectivity index is 2.15. The van der Waals surface area contributed by atoms with Gasteiger partial charge in [-0.15, -0.1) is 0 Å². The number of oxime groups is 1. The van der Waals surface area contributed by atoms with E-state index in [0.29, 0.717) is 5.71 Å². The van der Waals surface area contributed by atoms with Gasteiger partial charge in [0.1, 0.15) is 0 Å².